The van der Waals surface area contributed by atoms with Gasteiger partial charge in [0.25, 0.3) is 0 Å². The number of nitrogens with two attached hydrogens (primary N) is 2. The van der Waals surface area contributed by atoms with Gasteiger partial charge in [0.05, 0.1) is 0 Å². The summed E-state index contributed by atoms with van der Waals surface area (Å²) >= 11 is 0. The summed E-state index contributed by atoms with van der Waals surface area (Å²) in [5.74, 6) is -0.328. The lowest BCUT2D eigenvalue weighted by Crippen LogP contribution is -2.07. The van der Waals surface area contributed by atoms with E-state index in [0.29, 0.717) is 28.2 Å². The molecule has 0 aliphatic carbocycles. The van der Waals surface area contributed by atoms with E-state index in [0.717, 1.165) is 0 Å². The Kier molecular flexibility index (Phi) is 3.70. The highest BCUT2D eigenvalue weighted by atomic mass is 16.1. The summed E-state index contributed by atoms with van der Waals surface area (Å²) < 4.78 is 0. The molecule has 0 bridgehead atoms. The zero-order chi connectivity index (χ0) is 14.7. The first-order valence-corrected chi connectivity index (χ1v) is 6.04. The minimum Gasteiger partial charge on any atom is -0.399 e. The third kappa shape index (κ3) is 3.14. The fourth-order valence-corrected chi connectivity index (χ4v) is 1.88. The van der Waals surface area contributed by atoms with Crippen molar-refractivity contribution in [2.45, 2.75) is 6.92 Å². The fourth-order valence-electron chi connectivity index (χ4n) is 1.88. The first-order chi connectivity index (χ1) is 9.45. The lowest BCUT2D eigenvalue weighted by Gasteiger charge is -2.06. The SMILES string of the molecule is CC(=O)Nc1ccc(C(=O)c2cc(N)cc(N)c2)cc1. The molecule has 0 fully saturated rings. The Bertz CT molecular complexity index is 643. The lowest BCUT2D eigenvalue weighted by atomic mass is 10.0. The van der Waals surface area contributed by atoms with E-state index in [1.54, 1.807) is 42.5 Å². The van der Waals surface area contributed by atoms with Gasteiger partial charge < -0.3 is 16.8 Å². The molecule has 2 aromatic carbocycles. The van der Waals surface area contributed by atoms with Crippen LogP contribution in [0.4, 0.5) is 17.1 Å². The molecule has 5 heteroatoms. The molecule has 0 aliphatic rings. The highest BCUT2D eigenvalue weighted by Gasteiger charge is 2.10. The van der Waals surface area contributed by atoms with Crippen molar-refractivity contribution in [3.63, 3.8) is 0 Å². The van der Waals surface area contributed by atoms with Crippen LogP contribution in [0.1, 0.15) is 22.8 Å². The van der Waals surface area contributed by atoms with Gasteiger partial charge in [-0.2, -0.15) is 0 Å². The maximum absolute atomic E-state index is 12.3. The van der Waals surface area contributed by atoms with Crippen molar-refractivity contribution in [3.05, 3.63) is 53.6 Å². The molecule has 0 aromatic heterocycles. The molecular weight excluding hydrogens is 254 g/mol. The van der Waals surface area contributed by atoms with Crippen LogP contribution in [0.2, 0.25) is 0 Å². The van der Waals surface area contributed by atoms with E-state index in [1.165, 1.54) is 6.92 Å². The Labute approximate surface area is 116 Å². The van der Waals surface area contributed by atoms with Gasteiger partial charge in [-0.1, -0.05) is 0 Å². The van der Waals surface area contributed by atoms with Gasteiger partial charge in [0.1, 0.15) is 0 Å². The van der Waals surface area contributed by atoms with E-state index in [2.05, 4.69) is 5.32 Å². The molecule has 0 aliphatic heterocycles. The number of nitrogen functional groups attached to an aromatic ring is 2. The number of carbonyl (C=O) groups excluding carboxylic acids is 2. The molecule has 0 saturated carbocycles. The molecule has 102 valence electrons. The highest BCUT2D eigenvalue weighted by molar-refractivity contribution is 6.10. The van der Waals surface area contributed by atoms with E-state index in [-0.39, 0.29) is 11.7 Å². The van der Waals surface area contributed by atoms with Gasteiger partial charge >= 0.3 is 0 Å². The Morgan fingerprint density at radius 1 is 0.900 bits per heavy atom. The third-order valence-electron chi connectivity index (χ3n) is 2.71. The van der Waals surface area contributed by atoms with Gasteiger partial charge in [0.2, 0.25) is 5.91 Å². The summed E-state index contributed by atoms with van der Waals surface area (Å²) in [6.45, 7) is 1.43. The van der Waals surface area contributed by atoms with Gasteiger partial charge in [-0.05, 0) is 42.5 Å². The number of ketones is 1. The first kappa shape index (κ1) is 13.6. The summed E-state index contributed by atoms with van der Waals surface area (Å²) in [7, 11) is 0. The molecule has 0 atom stereocenters. The molecule has 20 heavy (non-hydrogen) atoms. The zero-order valence-electron chi connectivity index (χ0n) is 11.0. The van der Waals surface area contributed by atoms with Crippen molar-refractivity contribution in [2.24, 2.45) is 0 Å². The van der Waals surface area contributed by atoms with Crippen molar-refractivity contribution in [1.29, 1.82) is 0 Å². The molecular formula is C15H15N3O2. The monoisotopic (exact) mass is 269 g/mol. The van der Waals surface area contributed by atoms with E-state index >= 15 is 0 Å². The number of nitrogens with one attached hydrogen (secondary N) is 1. The molecule has 0 radical (unpaired) electrons. The molecule has 0 heterocycles. The Morgan fingerprint density at radius 2 is 1.45 bits per heavy atom. The number of rotatable bonds is 3. The predicted molar refractivity (Wildman–Crippen MR) is 79.4 cm³/mol. The molecule has 2 rings (SSSR count). The molecule has 2 aromatic rings. The van der Waals surface area contributed by atoms with Crippen molar-refractivity contribution < 1.29 is 9.59 Å². The van der Waals surface area contributed by atoms with Crippen LogP contribution in [0.5, 0.6) is 0 Å². The topological polar surface area (TPSA) is 98.2 Å². The van der Waals surface area contributed by atoms with Gasteiger partial charge in [-0.25, -0.2) is 0 Å². The van der Waals surface area contributed by atoms with E-state index in [1.807, 2.05) is 0 Å². The second kappa shape index (κ2) is 5.44. The predicted octanol–water partition coefficient (Wildman–Crippen LogP) is 2.04. The molecule has 5 nitrogen and oxygen atoms in total. The van der Waals surface area contributed by atoms with E-state index in [9.17, 15) is 9.59 Å². The van der Waals surface area contributed by atoms with Crippen LogP contribution < -0.4 is 16.8 Å². The normalized spacial score (nSPS) is 10.1. The summed E-state index contributed by atoms with van der Waals surface area (Å²) in [6.07, 6.45) is 0. The van der Waals surface area contributed by atoms with E-state index in [4.69, 9.17) is 11.5 Å². The molecule has 0 spiro atoms. The quantitative estimate of drug-likeness (QED) is 0.586. The zero-order valence-corrected chi connectivity index (χ0v) is 11.0. The third-order valence-corrected chi connectivity index (χ3v) is 2.71. The minimum atomic E-state index is -0.168. The molecule has 0 unspecified atom stereocenters. The van der Waals surface area contributed by atoms with Crippen LogP contribution in [0, 0.1) is 0 Å². The van der Waals surface area contributed by atoms with Crippen molar-refractivity contribution in [2.75, 3.05) is 16.8 Å². The van der Waals surface area contributed by atoms with Crippen LogP contribution in [0.25, 0.3) is 0 Å². The number of benzene rings is 2. The standard InChI is InChI=1S/C15H15N3O2/c1-9(19)18-14-4-2-10(3-5-14)15(20)11-6-12(16)8-13(17)7-11/h2-8H,16-17H2,1H3,(H,18,19). The minimum absolute atomic E-state index is 0.160. The average molecular weight is 269 g/mol. The number of anilines is 3. The number of hydrogen-bond acceptors (Lipinski definition) is 4. The van der Waals surface area contributed by atoms with Gasteiger partial charge in [0.15, 0.2) is 5.78 Å². The Morgan fingerprint density at radius 3 is 1.95 bits per heavy atom. The van der Waals surface area contributed by atoms with Crippen LogP contribution in [-0.2, 0) is 4.79 Å². The number of amides is 1. The fraction of sp³-hybridized carbons (Fsp3) is 0.0667. The first-order valence-electron chi connectivity index (χ1n) is 6.04. The van der Waals surface area contributed by atoms with Crippen LogP contribution in [0.15, 0.2) is 42.5 Å². The summed E-state index contributed by atoms with van der Waals surface area (Å²) in [6, 6.07) is 11.4. The largest absolute Gasteiger partial charge is 0.399 e. The second-order valence-corrected chi connectivity index (χ2v) is 4.48. The second-order valence-electron chi connectivity index (χ2n) is 4.48. The van der Waals surface area contributed by atoms with Crippen molar-refractivity contribution >= 4 is 28.8 Å². The van der Waals surface area contributed by atoms with Gasteiger partial charge in [0, 0.05) is 35.1 Å². The summed E-state index contributed by atoms with van der Waals surface area (Å²) in [5.41, 5.74) is 13.8. The summed E-state index contributed by atoms with van der Waals surface area (Å²) in [5, 5.41) is 2.64. The maximum atomic E-state index is 12.3. The average Bonchev–Trinajstić information content (AvgIpc) is 2.37. The van der Waals surface area contributed by atoms with Gasteiger partial charge in [-0.15, -0.1) is 0 Å². The summed E-state index contributed by atoms with van der Waals surface area (Å²) in [4.78, 5) is 23.2. The highest BCUT2D eigenvalue weighted by Crippen LogP contribution is 2.18. The van der Waals surface area contributed by atoms with Gasteiger partial charge in [-0.3, -0.25) is 9.59 Å². The van der Waals surface area contributed by atoms with Crippen LogP contribution >= 0.6 is 0 Å². The van der Waals surface area contributed by atoms with E-state index < -0.39 is 0 Å². The van der Waals surface area contributed by atoms with Crippen molar-refractivity contribution in [1.82, 2.24) is 0 Å². The number of carbonyl (C=O) groups is 2. The molecule has 1 amide bonds. The Balaban J connectivity index is 2.26. The number of hydrogen-bond donors (Lipinski definition) is 3. The lowest BCUT2D eigenvalue weighted by molar-refractivity contribution is -0.114. The smallest absolute Gasteiger partial charge is 0.221 e. The Hall–Kier alpha value is -2.82. The van der Waals surface area contributed by atoms with Crippen LogP contribution in [0.3, 0.4) is 0 Å². The van der Waals surface area contributed by atoms with Crippen LogP contribution in [-0.4, -0.2) is 11.7 Å². The molecule has 5 N–H and O–H groups in total. The van der Waals surface area contributed by atoms with Crippen molar-refractivity contribution in [3.8, 4) is 0 Å². The maximum Gasteiger partial charge on any atom is 0.221 e. The molecule has 0 saturated heterocycles.